The Labute approximate surface area is 147 Å². The molecule has 0 aliphatic heterocycles. The van der Waals surface area contributed by atoms with Crippen molar-refractivity contribution < 1.29 is 0 Å². The fourth-order valence-corrected chi connectivity index (χ4v) is 3.70. The molecule has 0 fully saturated rings. The second-order valence-corrected chi connectivity index (χ2v) is 7.29. The van der Waals surface area contributed by atoms with Crippen molar-refractivity contribution in [2.24, 2.45) is 0 Å². The quantitative estimate of drug-likeness (QED) is 0.555. The molecule has 0 N–H and O–H groups in total. The molecule has 6 heteroatoms. The van der Waals surface area contributed by atoms with E-state index in [0.29, 0.717) is 32.3 Å². The van der Waals surface area contributed by atoms with E-state index >= 15 is 0 Å². The summed E-state index contributed by atoms with van der Waals surface area (Å²) in [5.41, 5.74) is -1.30. The molecule has 0 saturated carbocycles. The van der Waals surface area contributed by atoms with Gasteiger partial charge >= 0.3 is 0 Å². The Kier molecular flexibility index (Phi) is 3.31. The fourth-order valence-electron chi connectivity index (χ4n) is 3.70. The van der Waals surface area contributed by atoms with Gasteiger partial charge in [-0.2, -0.15) is 0 Å². The lowest BCUT2D eigenvalue weighted by Crippen LogP contribution is -2.27. The summed E-state index contributed by atoms with van der Waals surface area (Å²) in [6, 6.07) is 6.09. The van der Waals surface area contributed by atoms with Crippen molar-refractivity contribution in [3.8, 4) is 0 Å². The number of fused-ring (bicyclic) bond motifs is 3. The van der Waals surface area contributed by atoms with E-state index in [1.54, 1.807) is 52.0 Å². The van der Waals surface area contributed by atoms with Crippen LogP contribution in [0.2, 0.25) is 0 Å². The van der Waals surface area contributed by atoms with Gasteiger partial charge in [-0.3, -0.25) is 28.3 Å². The third-order valence-corrected chi connectivity index (χ3v) is 4.94. The summed E-state index contributed by atoms with van der Waals surface area (Å²) >= 11 is 0. The summed E-state index contributed by atoms with van der Waals surface area (Å²) in [7, 11) is 0. The van der Waals surface area contributed by atoms with Crippen LogP contribution < -0.4 is 22.2 Å². The lowest BCUT2D eigenvalue weighted by Gasteiger charge is -2.01. The predicted octanol–water partition coefficient (Wildman–Crippen LogP) is 2.23. The normalized spacial score (nSPS) is 12.4. The average molecular weight is 350 g/mol. The Morgan fingerprint density at radius 3 is 0.962 bits per heavy atom. The molecular formula is C20H18N2O4. The molecule has 0 aliphatic carbocycles. The Bertz CT molecular complexity index is 1210. The van der Waals surface area contributed by atoms with Gasteiger partial charge in [0.2, 0.25) is 0 Å². The summed E-state index contributed by atoms with van der Waals surface area (Å²) in [4.78, 5) is 50.2. The minimum atomic E-state index is -0.325. The number of benzene rings is 2. The van der Waals surface area contributed by atoms with E-state index in [1.165, 1.54) is 9.13 Å². The molecule has 2 heterocycles. The number of aromatic nitrogens is 2. The standard InChI is InChI=1S/C20H18N2O4/c1-9(2)21-17(23)13-5-11-7-15-16(8-12(11)6-14(13)18(21)24)20(26)22(10(3)4)19(15)25/h5-10H,1-4H3. The molecule has 0 unspecified atom stereocenters. The van der Waals surface area contributed by atoms with Crippen molar-refractivity contribution in [1.29, 1.82) is 0 Å². The Morgan fingerprint density at radius 2 is 0.769 bits per heavy atom. The van der Waals surface area contributed by atoms with Crippen LogP contribution in [0, 0.1) is 0 Å². The van der Waals surface area contributed by atoms with Crippen molar-refractivity contribution in [2.45, 2.75) is 39.8 Å². The molecule has 132 valence electrons. The molecule has 4 rings (SSSR count). The molecule has 0 radical (unpaired) electrons. The van der Waals surface area contributed by atoms with Crippen LogP contribution in [0.3, 0.4) is 0 Å². The molecule has 6 nitrogen and oxygen atoms in total. The molecule has 26 heavy (non-hydrogen) atoms. The first-order valence-corrected chi connectivity index (χ1v) is 8.60. The highest BCUT2D eigenvalue weighted by molar-refractivity contribution is 6.04. The summed E-state index contributed by atoms with van der Waals surface area (Å²) in [6.45, 7) is 7.14. The second-order valence-electron chi connectivity index (χ2n) is 7.29. The first-order valence-electron chi connectivity index (χ1n) is 8.60. The third kappa shape index (κ3) is 1.98. The molecule has 2 aromatic heterocycles. The topological polar surface area (TPSA) is 78.1 Å². The lowest BCUT2D eigenvalue weighted by atomic mass is 10.0. The van der Waals surface area contributed by atoms with E-state index in [2.05, 4.69) is 0 Å². The van der Waals surface area contributed by atoms with Gasteiger partial charge < -0.3 is 0 Å². The van der Waals surface area contributed by atoms with Gasteiger partial charge in [-0.25, -0.2) is 0 Å². The number of hydrogen-bond acceptors (Lipinski definition) is 4. The second kappa shape index (κ2) is 5.24. The Hall–Kier alpha value is -3.02. The highest BCUT2D eigenvalue weighted by Gasteiger charge is 2.19. The van der Waals surface area contributed by atoms with Crippen molar-refractivity contribution in [1.82, 2.24) is 9.13 Å². The van der Waals surface area contributed by atoms with Crippen LogP contribution in [-0.4, -0.2) is 9.13 Å². The lowest BCUT2D eigenvalue weighted by molar-refractivity contribution is 0.574. The zero-order valence-corrected chi connectivity index (χ0v) is 15.0. The molecule has 0 atom stereocenters. The maximum atomic E-state index is 12.6. The summed E-state index contributed by atoms with van der Waals surface area (Å²) in [6.07, 6.45) is 0. The van der Waals surface area contributed by atoms with Gasteiger partial charge in [-0.15, -0.1) is 0 Å². The van der Waals surface area contributed by atoms with Gasteiger partial charge in [0.25, 0.3) is 22.2 Å². The van der Waals surface area contributed by atoms with E-state index in [0.717, 1.165) is 0 Å². The van der Waals surface area contributed by atoms with Crippen LogP contribution in [0.15, 0.2) is 43.4 Å². The minimum Gasteiger partial charge on any atom is -0.272 e. The zero-order chi connectivity index (χ0) is 18.9. The Morgan fingerprint density at radius 1 is 0.538 bits per heavy atom. The van der Waals surface area contributed by atoms with E-state index < -0.39 is 0 Å². The molecule has 0 spiro atoms. The first-order chi connectivity index (χ1) is 12.2. The van der Waals surface area contributed by atoms with Gasteiger partial charge in [0.15, 0.2) is 0 Å². The monoisotopic (exact) mass is 350 g/mol. The van der Waals surface area contributed by atoms with Crippen LogP contribution in [-0.2, 0) is 0 Å². The Balaban J connectivity index is 2.19. The molecule has 0 bridgehead atoms. The van der Waals surface area contributed by atoms with Gasteiger partial charge in [-0.05, 0) is 62.7 Å². The molecular weight excluding hydrogens is 332 g/mol. The minimum absolute atomic E-state index is 0.238. The largest absolute Gasteiger partial charge is 0.272 e. The van der Waals surface area contributed by atoms with Crippen molar-refractivity contribution in [3.05, 3.63) is 65.7 Å². The third-order valence-electron chi connectivity index (χ3n) is 4.94. The van der Waals surface area contributed by atoms with Gasteiger partial charge in [-0.1, -0.05) is 0 Å². The smallest absolute Gasteiger partial charge is 0.261 e. The fraction of sp³-hybridized carbons (Fsp3) is 0.300. The summed E-state index contributed by atoms with van der Waals surface area (Å²) < 4.78 is 2.46. The molecule has 2 aromatic carbocycles. The van der Waals surface area contributed by atoms with Crippen molar-refractivity contribution >= 4 is 32.3 Å². The van der Waals surface area contributed by atoms with E-state index in [1.807, 2.05) is 0 Å². The van der Waals surface area contributed by atoms with E-state index in [4.69, 9.17) is 0 Å². The van der Waals surface area contributed by atoms with Crippen molar-refractivity contribution in [2.75, 3.05) is 0 Å². The number of rotatable bonds is 2. The maximum Gasteiger partial charge on any atom is 0.261 e. The zero-order valence-electron chi connectivity index (χ0n) is 15.0. The van der Waals surface area contributed by atoms with Gasteiger partial charge in [0.1, 0.15) is 0 Å². The molecule has 4 aromatic rings. The van der Waals surface area contributed by atoms with Crippen LogP contribution in [0.4, 0.5) is 0 Å². The van der Waals surface area contributed by atoms with Crippen LogP contribution in [0.5, 0.6) is 0 Å². The summed E-state index contributed by atoms with van der Waals surface area (Å²) in [5, 5.41) is 2.70. The summed E-state index contributed by atoms with van der Waals surface area (Å²) in [5.74, 6) is 0. The highest BCUT2D eigenvalue weighted by Crippen LogP contribution is 2.24. The SMILES string of the molecule is CC(C)n1c(=O)c2cc3cc4c(=O)n(C(C)C)c(=O)c4cc3cc2c1=O. The maximum absolute atomic E-state index is 12.6. The molecule has 0 aliphatic rings. The van der Waals surface area contributed by atoms with Crippen LogP contribution in [0.1, 0.15) is 39.8 Å². The number of hydrogen-bond donors (Lipinski definition) is 0. The van der Waals surface area contributed by atoms with Crippen LogP contribution >= 0.6 is 0 Å². The average Bonchev–Trinajstić information content (AvgIpc) is 2.95. The first kappa shape index (κ1) is 16.4. The van der Waals surface area contributed by atoms with Gasteiger partial charge in [0.05, 0.1) is 21.5 Å². The highest BCUT2D eigenvalue weighted by atomic mass is 16.2. The van der Waals surface area contributed by atoms with E-state index in [-0.39, 0.29) is 34.3 Å². The molecule has 0 amide bonds. The predicted molar refractivity (Wildman–Crippen MR) is 103 cm³/mol. The van der Waals surface area contributed by atoms with Crippen molar-refractivity contribution in [3.63, 3.8) is 0 Å². The van der Waals surface area contributed by atoms with E-state index in [9.17, 15) is 19.2 Å². The van der Waals surface area contributed by atoms with Crippen LogP contribution in [0.25, 0.3) is 32.3 Å². The number of nitrogens with zero attached hydrogens (tertiary/aromatic N) is 2. The van der Waals surface area contributed by atoms with Gasteiger partial charge in [0, 0.05) is 12.1 Å². The molecule has 0 saturated heterocycles.